The second-order valence-corrected chi connectivity index (χ2v) is 31.0. The molecule has 0 aliphatic carbocycles. The SMILES string of the molecule is Cc1ccc(S(=O)(=O)N2[C@@H](c3cc(Br)cn3[Si](C(C)C)(C(C)C)C(C)C)CC[C@H]2c2cc(Br)cn2[Si](C(C)C)(C(C)C)C(C)C)cc1. The summed E-state index contributed by atoms with van der Waals surface area (Å²) in [6.45, 7) is 30.5. The van der Waals surface area contributed by atoms with Crippen LogP contribution in [0.4, 0.5) is 0 Å². The number of aromatic nitrogens is 2. The summed E-state index contributed by atoms with van der Waals surface area (Å²) in [5, 5.41) is 0. The minimum absolute atomic E-state index is 0.281. The van der Waals surface area contributed by atoms with Crippen LogP contribution in [0.2, 0.25) is 33.2 Å². The molecule has 1 aliphatic rings. The lowest BCUT2D eigenvalue weighted by Crippen LogP contribution is -2.53. The lowest BCUT2D eigenvalue weighted by Gasteiger charge is -2.47. The zero-order chi connectivity index (χ0) is 35.4. The number of sulfonamides is 1. The monoisotopic (exact) mass is 823 g/mol. The molecule has 1 saturated heterocycles. The van der Waals surface area contributed by atoms with E-state index in [1.54, 1.807) is 12.1 Å². The van der Waals surface area contributed by atoms with E-state index in [4.69, 9.17) is 0 Å². The first-order valence-electron chi connectivity index (χ1n) is 17.6. The van der Waals surface area contributed by atoms with Crippen molar-refractivity contribution >= 4 is 58.4 Å². The van der Waals surface area contributed by atoms with Gasteiger partial charge in [-0.3, -0.25) is 0 Å². The minimum atomic E-state index is -3.87. The van der Waals surface area contributed by atoms with Gasteiger partial charge in [-0.1, -0.05) is 101 Å². The molecular weight excluding hydrogens is 766 g/mol. The van der Waals surface area contributed by atoms with E-state index >= 15 is 8.42 Å². The van der Waals surface area contributed by atoms with E-state index in [1.807, 2.05) is 23.4 Å². The van der Waals surface area contributed by atoms with Crippen LogP contribution in [-0.2, 0) is 10.0 Å². The molecule has 3 heterocycles. The predicted molar refractivity (Wildman–Crippen MR) is 212 cm³/mol. The Hall–Kier alpha value is -0.916. The number of nitrogens with zero attached hydrogens (tertiary/aromatic N) is 3. The van der Waals surface area contributed by atoms with E-state index in [2.05, 4.69) is 148 Å². The van der Waals surface area contributed by atoms with Crippen LogP contribution in [-0.4, -0.2) is 37.7 Å². The Bertz CT molecular complexity index is 1510. The summed E-state index contributed by atoms with van der Waals surface area (Å²) in [7, 11) is -8.26. The molecule has 1 aromatic carbocycles. The molecule has 0 N–H and O–H groups in total. The molecule has 5 nitrogen and oxygen atoms in total. The summed E-state index contributed by atoms with van der Waals surface area (Å²) in [6, 6.07) is 11.3. The topological polar surface area (TPSA) is 47.2 Å². The van der Waals surface area contributed by atoms with Gasteiger partial charge >= 0.3 is 0 Å². The van der Waals surface area contributed by atoms with E-state index in [1.165, 1.54) is 0 Å². The molecule has 2 aromatic heterocycles. The average molecular weight is 826 g/mol. The third-order valence-corrected chi connectivity index (χ3v) is 28.0. The molecule has 0 radical (unpaired) electrons. The maximum atomic E-state index is 15.2. The van der Waals surface area contributed by atoms with Crippen LogP contribution in [0.15, 0.2) is 62.6 Å². The van der Waals surface area contributed by atoms with Crippen LogP contribution >= 0.6 is 31.9 Å². The van der Waals surface area contributed by atoms with Gasteiger partial charge in [0.2, 0.25) is 10.0 Å². The van der Waals surface area contributed by atoms with Gasteiger partial charge in [-0.25, -0.2) is 8.42 Å². The molecule has 3 aromatic rings. The van der Waals surface area contributed by atoms with Crippen molar-refractivity contribution < 1.29 is 8.42 Å². The van der Waals surface area contributed by atoms with Crippen molar-refractivity contribution in [2.75, 3.05) is 0 Å². The molecule has 0 spiro atoms. The van der Waals surface area contributed by atoms with E-state index in [0.717, 1.165) is 38.7 Å². The van der Waals surface area contributed by atoms with E-state index in [-0.39, 0.29) is 12.1 Å². The molecule has 0 unspecified atom stereocenters. The van der Waals surface area contributed by atoms with Gasteiger partial charge in [-0.2, -0.15) is 4.31 Å². The number of benzene rings is 1. The van der Waals surface area contributed by atoms with Crippen LogP contribution in [0, 0.1) is 6.92 Å². The summed E-state index contributed by atoms with van der Waals surface area (Å²) >= 11 is 7.74. The second kappa shape index (κ2) is 14.4. The van der Waals surface area contributed by atoms with Crippen LogP contribution in [0.5, 0.6) is 0 Å². The number of hydrogen-bond donors (Lipinski definition) is 0. The summed E-state index contributed by atoms with van der Waals surface area (Å²) in [5.74, 6) is 0. The van der Waals surface area contributed by atoms with Gasteiger partial charge in [0.1, 0.15) is 0 Å². The summed E-state index contributed by atoms with van der Waals surface area (Å²) in [4.78, 5) is 0.370. The fraction of sp³-hybridized carbons (Fsp3) is 0.622. The van der Waals surface area contributed by atoms with Crippen LogP contribution in [0.1, 0.15) is 125 Å². The third kappa shape index (κ3) is 6.43. The quantitative estimate of drug-likeness (QED) is 0.171. The second-order valence-electron chi connectivity index (χ2n) is 15.9. The highest BCUT2D eigenvalue weighted by molar-refractivity contribution is 9.10. The highest BCUT2D eigenvalue weighted by Gasteiger charge is 2.53. The van der Waals surface area contributed by atoms with Gasteiger partial charge in [0.15, 0.2) is 16.5 Å². The van der Waals surface area contributed by atoms with Gasteiger partial charge in [0.05, 0.1) is 17.0 Å². The molecule has 0 bridgehead atoms. The van der Waals surface area contributed by atoms with E-state index < -0.39 is 26.5 Å². The van der Waals surface area contributed by atoms with Crippen LogP contribution in [0.3, 0.4) is 0 Å². The Labute approximate surface area is 305 Å². The molecule has 4 rings (SSSR count). The first-order chi connectivity index (χ1) is 21.8. The van der Waals surface area contributed by atoms with Crippen molar-refractivity contribution in [1.82, 2.24) is 12.8 Å². The standard InChI is InChI=1S/C37H59Br2N3O2SSi2/c1-24(2)46(25(3)4,26(5)6)40-22-31(38)20-36(40)34-18-19-35(42(34)45(43,44)33-16-14-30(13)15-17-33)37-21-32(39)23-41(37)47(27(7)8,28(9)10)29(11)12/h14-17,20-29,34-35H,18-19H2,1-13H3/t34-,35+. The molecule has 47 heavy (non-hydrogen) atoms. The average Bonchev–Trinajstić information content (AvgIpc) is 3.65. The number of aryl methyl sites for hydroxylation is 1. The molecule has 1 aliphatic heterocycles. The van der Waals surface area contributed by atoms with Gasteiger partial charge in [-0.15, -0.1) is 0 Å². The van der Waals surface area contributed by atoms with Crippen molar-refractivity contribution in [3.8, 4) is 0 Å². The molecule has 1 fully saturated rings. The Kier molecular flexibility index (Phi) is 11.9. The molecular formula is C37H59Br2N3O2SSi2. The zero-order valence-corrected chi connectivity index (χ0v) is 37.0. The normalized spacial score (nSPS) is 18.7. The summed E-state index contributed by atoms with van der Waals surface area (Å²) < 4.78 is 39.5. The Morgan fingerprint density at radius 1 is 0.617 bits per heavy atom. The minimum Gasteiger partial charge on any atom is -0.375 e. The third-order valence-electron chi connectivity index (χ3n) is 11.6. The lowest BCUT2D eigenvalue weighted by molar-refractivity contribution is 0.318. The highest BCUT2D eigenvalue weighted by Crippen LogP contribution is 2.53. The van der Waals surface area contributed by atoms with Gasteiger partial charge < -0.3 is 8.47 Å². The van der Waals surface area contributed by atoms with Gasteiger partial charge in [0.25, 0.3) is 0 Å². The fourth-order valence-corrected chi connectivity index (χ4v) is 26.7. The first-order valence-corrected chi connectivity index (χ1v) is 25.0. The maximum absolute atomic E-state index is 15.2. The Balaban J connectivity index is 2.06. The van der Waals surface area contributed by atoms with E-state index in [0.29, 0.717) is 38.1 Å². The van der Waals surface area contributed by atoms with Gasteiger partial charge in [-0.05, 0) is 109 Å². The smallest absolute Gasteiger partial charge is 0.244 e. The van der Waals surface area contributed by atoms with E-state index in [9.17, 15) is 0 Å². The van der Waals surface area contributed by atoms with Crippen molar-refractivity contribution in [2.45, 2.75) is 153 Å². The molecule has 0 amide bonds. The number of hydrogen-bond acceptors (Lipinski definition) is 2. The predicted octanol–water partition coefficient (Wildman–Crippen LogP) is 12.4. The van der Waals surface area contributed by atoms with Crippen molar-refractivity contribution in [3.63, 3.8) is 0 Å². The van der Waals surface area contributed by atoms with Crippen molar-refractivity contribution in [2.24, 2.45) is 0 Å². The number of halogens is 2. The molecule has 0 saturated carbocycles. The summed E-state index contributed by atoms with van der Waals surface area (Å²) in [5.41, 5.74) is 6.17. The molecule has 10 heteroatoms. The van der Waals surface area contributed by atoms with Crippen molar-refractivity contribution in [3.05, 3.63) is 74.7 Å². The van der Waals surface area contributed by atoms with Crippen LogP contribution < -0.4 is 0 Å². The first kappa shape index (κ1) is 38.9. The number of rotatable bonds is 12. The fourth-order valence-electron chi connectivity index (χ4n) is 10.3. The van der Waals surface area contributed by atoms with Gasteiger partial charge in [0, 0.05) is 32.7 Å². The highest BCUT2D eigenvalue weighted by atomic mass is 79.9. The zero-order valence-electron chi connectivity index (χ0n) is 31.0. The molecule has 2 atom stereocenters. The molecule has 262 valence electrons. The lowest BCUT2D eigenvalue weighted by atomic mass is 10.1. The Morgan fingerprint density at radius 3 is 1.23 bits per heavy atom. The van der Waals surface area contributed by atoms with Crippen molar-refractivity contribution in [1.29, 1.82) is 0 Å². The van der Waals surface area contributed by atoms with Crippen LogP contribution in [0.25, 0.3) is 0 Å². The summed E-state index contributed by atoms with van der Waals surface area (Å²) in [6.07, 6.45) is 6.10. The Morgan fingerprint density at radius 2 is 0.936 bits per heavy atom. The largest absolute Gasteiger partial charge is 0.375 e. The maximum Gasteiger partial charge on any atom is 0.244 e.